The van der Waals surface area contributed by atoms with Crippen LogP contribution in [-0.2, 0) is 4.84 Å². The molecule has 0 aliphatic carbocycles. The van der Waals surface area contributed by atoms with E-state index < -0.39 is 0 Å². The van der Waals surface area contributed by atoms with Crippen molar-refractivity contribution in [1.29, 1.82) is 0 Å². The summed E-state index contributed by atoms with van der Waals surface area (Å²) in [6.45, 7) is 1.12. The van der Waals surface area contributed by atoms with Gasteiger partial charge in [-0.1, -0.05) is 5.16 Å². The Hall–Kier alpha value is -2.20. The van der Waals surface area contributed by atoms with Crippen molar-refractivity contribution in [3.8, 4) is 0 Å². The molecule has 1 aliphatic heterocycles. The van der Waals surface area contributed by atoms with Gasteiger partial charge in [-0.2, -0.15) is 0 Å². The van der Waals surface area contributed by atoms with Crippen molar-refractivity contribution < 1.29 is 13.9 Å². The largest absolute Gasteiger partial charge is 0.371 e. The first kappa shape index (κ1) is 14.7. The number of amidine groups is 1. The van der Waals surface area contributed by atoms with Gasteiger partial charge in [0.05, 0.1) is 4.47 Å². The van der Waals surface area contributed by atoms with Crippen LogP contribution in [0, 0.1) is 5.82 Å². The molecule has 2 aromatic rings. The Morgan fingerprint density at radius 3 is 3.05 bits per heavy atom. The lowest BCUT2D eigenvalue weighted by Gasteiger charge is -2.17. The fourth-order valence-electron chi connectivity index (χ4n) is 1.92. The van der Waals surface area contributed by atoms with E-state index >= 15 is 0 Å². The first-order valence-corrected chi connectivity index (χ1v) is 7.19. The molecule has 1 aromatic carbocycles. The number of hydrogen-bond acceptors (Lipinski definition) is 8. The molecule has 10 heteroatoms. The minimum absolute atomic E-state index is 0.177. The van der Waals surface area contributed by atoms with Gasteiger partial charge in [0.1, 0.15) is 5.82 Å². The van der Waals surface area contributed by atoms with Crippen LogP contribution >= 0.6 is 15.9 Å². The second kappa shape index (κ2) is 6.28. The summed E-state index contributed by atoms with van der Waals surface area (Å²) >= 11 is 3.16. The Balaban J connectivity index is 1.90. The van der Waals surface area contributed by atoms with Gasteiger partial charge in [0.15, 0.2) is 12.4 Å². The first-order valence-electron chi connectivity index (χ1n) is 6.40. The molecule has 3 rings (SSSR count). The molecule has 3 N–H and O–H groups in total. The lowest BCUT2D eigenvalue weighted by atomic mass is 10.2. The van der Waals surface area contributed by atoms with Crippen molar-refractivity contribution in [2.24, 2.45) is 10.9 Å². The molecular formula is C12H12BrFN6O2. The van der Waals surface area contributed by atoms with E-state index in [1.54, 1.807) is 17.0 Å². The zero-order chi connectivity index (χ0) is 15.5. The average Bonchev–Trinajstić information content (AvgIpc) is 3.15. The van der Waals surface area contributed by atoms with Gasteiger partial charge < -0.3 is 15.9 Å². The van der Waals surface area contributed by atoms with E-state index in [4.69, 9.17) is 15.2 Å². The maximum absolute atomic E-state index is 13.4. The van der Waals surface area contributed by atoms with Gasteiger partial charge >= 0.3 is 0 Å². The maximum atomic E-state index is 13.4. The van der Waals surface area contributed by atoms with Crippen molar-refractivity contribution in [1.82, 2.24) is 10.3 Å². The molecule has 0 atom stereocenters. The molecular weight excluding hydrogens is 359 g/mol. The Morgan fingerprint density at radius 1 is 1.41 bits per heavy atom. The van der Waals surface area contributed by atoms with Gasteiger partial charge in [-0.05, 0) is 44.4 Å². The molecule has 116 valence electrons. The predicted octanol–water partition coefficient (Wildman–Crippen LogP) is 1.50. The first-order chi connectivity index (χ1) is 10.7. The molecule has 0 amide bonds. The molecule has 0 unspecified atom stereocenters. The molecule has 0 spiro atoms. The number of nitrogens with two attached hydrogens (primary N) is 1. The van der Waals surface area contributed by atoms with Crippen molar-refractivity contribution in [2.75, 3.05) is 30.0 Å². The van der Waals surface area contributed by atoms with Gasteiger partial charge in [0.2, 0.25) is 11.7 Å². The van der Waals surface area contributed by atoms with Gasteiger partial charge in [0, 0.05) is 18.8 Å². The van der Waals surface area contributed by atoms with E-state index in [2.05, 4.69) is 36.7 Å². The summed E-state index contributed by atoms with van der Waals surface area (Å²) in [5.74, 6) is 0.482. The highest BCUT2D eigenvalue weighted by molar-refractivity contribution is 9.10. The van der Waals surface area contributed by atoms with E-state index in [1.165, 1.54) is 6.07 Å². The van der Waals surface area contributed by atoms with Crippen LogP contribution in [0.1, 0.15) is 5.69 Å². The zero-order valence-electron chi connectivity index (χ0n) is 11.3. The van der Waals surface area contributed by atoms with Gasteiger partial charge in [-0.3, -0.25) is 4.90 Å². The monoisotopic (exact) mass is 370 g/mol. The molecule has 1 aliphatic rings. The van der Waals surface area contributed by atoms with Crippen molar-refractivity contribution >= 4 is 33.3 Å². The Morgan fingerprint density at radius 2 is 2.27 bits per heavy atom. The molecule has 0 saturated carbocycles. The van der Waals surface area contributed by atoms with Crippen molar-refractivity contribution in [3.63, 3.8) is 0 Å². The van der Waals surface area contributed by atoms with Crippen LogP contribution < -0.4 is 16.0 Å². The second-order valence-electron chi connectivity index (χ2n) is 4.38. The summed E-state index contributed by atoms with van der Waals surface area (Å²) in [7, 11) is 0. The molecule has 0 saturated heterocycles. The quantitative estimate of drug-likeness (QED) is 0.821. The van der Waals surface area contributed by atoms with Crippen LogP contribution in [0.3, 0.4) is 0 Å². The molecule has 8 nitrogen and oxygen atoms in total. The summed E-state index contributed by atoms with van der Waals surface area (Å²) in [4.78, 5) is 6.84. The number of anilines is 2. The number of oxime groups is 1. The second-order valence-corrected chi connectivity index (χ2v) is 5.23. The molecule has 22 heavy (non-hydrogen) atoms. The Kier molecular flexibility index (Phi) is 4.20. The summed E-state index contributed by atoms with van der Waals surface area (Å²) in [5.41, 5.74) is 6.54. The summed E-state index contributed by atoms with van der Waals surface area (Å²) in [6.07, 6.45) is 0. The number of hydrogen-bond donors (Lipinski definition) is 2. The van der Waals surface area contributed by atoms with E-state index in [9.17, 15) is 4.39 Å². The third-order valence-electron chi connectivity index (χ3n) is 2.95. The highest BCUT2D eigenvalue weighted by Crippen LogP contribution is 2.27. The summed E-state index contributed by atoms with van der Waals surface area (Å²) in [6, 6.07) is 4.59. The Bertz CT molecular complexity index is 707. The van der Waals surface area contributed by atoms with E-state index in [0.29, 0.717) is 40.6 Å². The lowest BCUT2D eigenvalue weighted by Crippen LogP contribution is -2.29. The summed E-state index contributed by atoms with van der Waals surface area (Å²) < 4.78 is 18.5. The lowest BCUT2D eigenvalue weighted by molar-refractivity contribution is 0.174. The number of nitrogens with one attached hydrogen (secondary N) is 1. The fraction of sp³-hybridized carbons (Fsp3) is 0.250. The van der Waals surface area contributed by atoms with Crippen molar-refractivity contribution in [3.05, 3.63) is 34.2 Å². The highest BCUT2D eigenvalue weighted by atomic mass is 79.9. The SMILES string of the molecule is NCCNc1nonc1C1=NOCN1c1ccc(F)c(Br)c1. The molecule has 0 fully saturated rings. The smallest absolute Gasteiger partial charge is 0.208 e. The third kappa shape index (κ3) is 2.74. The number of halogens is 2. The predicted molar refractivity (Wildman–Crippen MR) is 80.9 cm³/mol. The van der Waals surface area contributed by atoms with Crippen LogP contribution in [0.25, 0.3) is 0 Å². The zero-order valence-corrected chi connectivity index (χ0v) is 12.9. The van der Waals surface area contributed by atoms with Crippen LogP contribution in [-0.4, -0.2) is 36.0 Å². The van der Waals surface area contributed by atoms with E-state index in [1.807, 2.05) is 0 Å². The van der Waals surface area contributed by atoms with E-state index in [-0.39, 0.29) is 12.5 Å². The Labute approximate surface area is 133 Å². The normalized spacial score (nSPS) is 14.0. The average molecular weight is 371 g/mol. The molecule has 2 heterocycles. The van der Waals surface area contributed by atoms with Crippen LogP contribution in [0.4, 0.5) is 15.9 Å². The fourth-order valence-corrected chi connectivity index (χ4v) is 2.29. The van der Waals surface area contributed by atoms with E-state index in [0.717, 1.165) is 0 Å². The van der Waals surface area contributed by atoms with Gasteiger partial charge in [-0.25, -0.2) is 9.02 Å². The number of aromatic nitrogens is 2. The van der Waals surface area contributed by atoms with Gasteiger partial charge in [-0.15, -0.1) is 0 Å². The topological polar surface area (TPSA) is 102 Å². The van der Waals surface area contributed by atoms with Crippen LogP contribution in [0.15, 0.2) is 32.5 Å². The number of rotatable bonds is 5. The minimum Gasteiger partial charge on any atom is -0.371 e. The maximum Gasteiger partial charge on any atom is 0.208 e. The summed E-state index contributed by atoms with van der Waals surface area (Å²) in [5, 5.41) is 14.6. The van der Waals surface area contributed by atoms with Crippen LogP contribution in [0.5, 0.6) is 0 Å². The number of benzene rings is 1. The molecule has 0 bridgehead atoms. The number of nitrogens with zero attached hydrogens (tertiary/aromatic N) is 4. The molecule has 0 radical (unpaired) electrons. The van der Waals surface area contributed by atoms with Crippen molar-refractivity contribution in [2.45, 2.75) is 0 Å². The van der Waals surface area contributed by atoms with Gasteiger partial charge in [0.25, 0.3) is 0 Å². The molecule has 1 aromatic heterocycles. The van der Waals surface area contributed by atoms with Crippen LogP contribution in [0.2, 0.25) is 0 Å². The highest BCUT2D eigenvalue weighted by Gasteiger charge is 2.28. The standard InChI is InChI=1S/C12H12BrFN6O2/c13-8-5-7(1-2-9(8)14)20-6-21-19-12(20)10-11(16-4-3-15)18-22-17-10/h1-2,5H,3-4,6,15H2,(H,16,18). The third-order valence-corrected chi connectivity index (χ3v) is 3.55. The minimum atomic E-state index is -0.351.